The Kier molecular flexibility index (Phi) is 4.92. The van der Waals surface area contributed by atoms with Crippen molar-refractivity contribution in [2.45, 2.75) is 53.0 Å². The second-order valence-electron chi connectivity index (χ2n) is 7.41. The summed E-state index contributed by atoms with van der Waals surface area (Å²) in [6.45, 7) is 11.0. The van der Waals surface area contributed by atoms with Gasteiger partial charge in [0.25, 0.3) is 0 Å². The quantitative estimate of drug-likeness (QED) is 0.909. The summed E-state index contributed by atoms with van der Waals surface area (Å²) in [4.78, 5) is 2.34. The van der Waals surface area contributed by atoms with Crippen LogP contribution in [0.4, 0.5) is 10.1 Å². The molecule has 2 atom stereocenters. The third kappa shape index (κ3) is 3.76. The number of halogens is 1. The Morgan fingerprint density at radius 1 is 1.38 bits per heavy atom. The molecule has 1 aromatic rings. The van der Waals surface area contributed by atoms with Gasteiger partial charge in [-0.1, -0.05) is 33.8 Å². The van der Waals surface area contributed by atoms with E-state index in [-0.39, 0.29) is 11.9 Å². The second kappa shape index (κ2) is 6.35. The van der Waals surface area contributed by atoms with E-state index in [1.807, 2.05) is 12.1 Å². The highest BCUT2D eigenvalue weighted by molar-refractivity contribution is 5.55. The van der Waals surface area contributed by atoms with Gasteiger partial charge in [0.2, 0.25) is 0 Å². The van der Waals surface area contributed by atoms with Gasteiger partial charge in [0.1, 0.15) is 5.82 Å². The summed E-state index contributed by atoms with van der Waals surface area (Å²) < 4.78 is 14.2. The van der Waals surface area contributed by atoms with Crippen molar-refractivity contribution >= 4 is 5.69 Å². The maximum absolute atomic E-state index is 14.2. The Bertz CT molecular complexity index is 479. The van der Waals surface area contributed by atoms with Gasteiger partial charge in [0.05, 0.1) is 0 Å². The highest BCUT2D eigenvalue weighted by Crippen LogP contribution is 2.37. The Morgan fingerprint density at radius 2 is 2.10 bits per heavy atom. The fourth-order valence-electron chi connectivity index (χ4n) is 3.14. The Labute approximate surface area is 128 Å². The van der Waals surface area contributed by atoms with Crippen LogP contribution in [0.3, 0.4) is 0 Å². The molecule has 2 rings (SSSR count). The first kappa shape index (κ1) is 16.3. The van der Waals surface area contributed by atoms with Gasteiger partial charge >= 0.3 is 0 Å². The fraction of sp³-hybridized carbons (Fsp3) is 0.667. The molecule has 2 N–H and O–H groups in total. The number of benzene rings is 1. The molecular formula is C18H29FN2. The van der Waals surface area contributed by atoms with Crippen molar-refractivity contribution < 1.29 is 4.39 Å². The molecule has 2 unspecified atom stereocenters. The van der Waals surface area contributed by atoms with E-state index in [0.29, 0.717) is 17.8 Å². The van der Waals surface area contributed by atoms with Crippen LogP contribution in [0.1, 0.15) is 46.1 Å². The first-order chi connectivity index (χ1) is 9.82. The minimum absolute atomic E-state index is 0.0293. The molecule has 0 saturated carbocycles. The molecule has 1 aliphatic heterocycles. The zero-order chi connectivity index (χ0) is 15.6. The van der Waals surface area contributed by atoms with Crippen LogP contribution in [0.25, 0.3) is 0 Å². The van der Waals surface area contributed by atoms with Gasteiger partial charge in [-0.05, 0) is 42.7 Å². The van der Waals surface area contributed by atoms with E-state index in [2.05, 4.69) is 32.6 Å². The largest absolute Gasteiger partial charge is 0.371 e. The van der Waals surface area contributed by atoms with Crippen molar-refractivity contribution in [1.82, 2.24) is 0 Å². The molecule has 0 amide bonds. The molecule has 2 nitrogen and oxygen atoms in total. The predicted molar refractivity (Wildman–Crippen MR) is 88.1 cm³/mol. The lowest BCUT2D eigenvalue weighted by molar-refractivity contribution is 0.263. The zero-order valence-corrected chi connectivity index (χ0v) is 13.8. The topological polar surface area (TPSA) is 29.3 Å². The van der Waals surface area contributed by atoms with Crippen molar-refractivity contribution in [3.05, 3.63) is 29.6 Å². The minimum atomic E-state index is -0.115. The number of hydrogen-bond donors (Lipinski definition) is 1. The van der Waals surface area contributed by atoms with E-state index < -0.39 is 0 Å². The molecule has 3 heteroatoms. The Morgan fingerprint density at radius 3 is 2.67 bits per heavy atom. The molecule has 1 fully saturated rings. The fourth-order valence-corrected chi connectivity index (χ4v) is 3.14. The van der Waals surface area contributed by atoms with Crippen LogP contribution >= 0.6 is 0 Å². The number of nitrogens with two attached hydrogens (primary N) is 1. The smallest absolute Gasteiger partial charge is 0.128 e. The van der Waals surface area contributed by atoms with Crippen LogP contribution in [0.5, 0.6) is 0 Å². The maximum atomic E-state index is 14.2. The molecule has 1 heterocycles. The van der Waals surface area contributed by atoms with Crippen LogP contribution in [0.15, 0.2) is 18.2 Å². The number of anilines is 1. The SMILES string of the molecule is CCC(N)Cc1c(F)cccc1N1CCC(C(C)(C)C)C1. The second-order valence-corrected chi connectivity index (χ2v) is 7.41. The van der Waals surface area contributed by atoms with Crippen LogP contribution < -0.4 is 10.6 Å². The van der Waals surface area contributed by atoms with Crippen molar-refractivity contribution in [3.63, 3.8) is 0 Å². The Balaban J connectivity index is 2.22. The molecule has 118 valence electrons. The van der Waals surface area contributed by atoms with Gasteiger partial charge < -0.3 is 10.6 Å². The van der Waals surface area contributed by atoms with Gasteiger partial charge in [-0.25, -0.2) is 4.39 Å². The summed E-state index contributed by atoms with van der Waals surface area (Å²) >= 11 is 0. The predicted octanol–water partition coefficient (Wildman–Crippen LogP) is 3.98. The maximum Gasteiger partial charge on any atom is 0.128 e. The lowest BCUT2D eigenvalue weighted by atomic mass is 9.80. The van der Waals surface area contributed by atoms with Crippen LogP contribution in [-0.4, -0.2) is 19.1 Å². The average Bonchev–Trinajstić information content (AvgIpc) is 2.90. The van der Waals surface area contributed by atoms with Gasteiger partial charge in [-0.15, -0.1) is 0 Å². The van der Waals surface area contributed by atoms with E-state index in [1.54, 1.807) is 6.07 Å². The van der Waals surface area contributed by atoms with Gasteiger partial charge in [-0.3, -0.25) is 0 Å². The molecule has 21 heavy (non-hydrogen) atoms. The first-order valence-corrected chi connectivity index (χ1v) is 8.10. The van der Waals surface area contributed by atoms with Crippen molar-refractivity contribution in [1.29, 1.82) is 0 Å². The molecule has 0 spiro atoms. The summed E-state index contributed by atoms with van der Waals surface area (Å²) in [5.41, 5.74) is 8.20. The number of nitrogens with zero attached hydrogens (tertiary/aromatic N) is 1. The normalized spacial score (nSPS) is 20.9. The molecule has 1 aromatic carbocycles. The Hall–Kier alpha value is -1.09. The summed E-state index contributed by atoms with van der Waals surface area (Å²) in [5.74, 6) is 0.545. The lowest BCUT2D eigenvalue weighted by Crippen LogP contribution is -2.28. The average molecular weight is 292 g/mol. The van der Waals surface area contributed by atoms with Crippen molar-refractivity contribution in [2.24, 2.45) is 17.1 Å². The molecule has 0 radical (unpaired) electrons. The van der Waals surface area contributed by atoms with E-state index >= 15 is 0 Å². The monoisotopic (exact) mass is 292 g/mol. The van der Waals surface area contributed by atoms with Gasteiger partial charge in [0, 0.05) is 30.4 Å². The minimum Gasteiger partial charge on any atom is -0.371 e. The first-order valence-electron chi connectivity index (χ1n) is 8.10. The van der Waals surface area contributed by atoms with Crippen LogP contribution in [0.2, 0.25) is 0 Å². The summed E-state index contributed by atoms with van der Waals surface area (Å²) in [6.07, 6.45) is 2.67. The highest BCUT2D eigenvalue weighted by atomic mass is 19.1. The van der Waals surface area contributed by atoms with Crippen molar-refractivity contribution in [2.75, 3.05) is 18.0 Å². The van der Waals surface area contributed by atoms with Crippen molar-refractivity contribution in [3.8, 4) is 0 Å². The van der Waals surface area contributed by atoms with Gasteiger partial charge in [0.15, 0.2) is 0 Å². The zero-order valence-electron chi connectivity index (χ0n) is 13.8. The van der Waals surface area contributed by atoms with Crippen LogP contribution in [0, 0.1) is 17.2 Å². The van der Waals surface area contributed by atoms with E-state index in [0.717, 1.165) is 30.8 Å². The molecule has 1 saturated heterocycles. The summed E-state index contributed by atoms with van der Waals surface area (Å²) in [7, 11) is 0. The van der Waals surface area contributed by atoms with Crippen LogP contribution in [-0.2, 0) is 6.42 Å². The number of rotatable bonds is 4. The van der Waals surface area contributed by atoms with E-state index in [9.17, 15) is 4.39 Å². The lowest BCUT2D eigenvalue weighted by Gasteiger charge is -2.28. The summed E-state index contributed by atoms with van der Waals surface area (Å²) in [6, 6.07) is 5.45. The summed E-state index contributed by atoms with van der Waals surface area (Å²) in [5, 5.41) is 0. The standard InChI is InChI=1S/C18H29FN2/c1-5-14(20)11-15-16(19)7-6-8-17(15)21-10-9-13(12-21)18(2,3)4/h6-8,13-14H,5,9-12,20H2,1-4H3. The van der Waals surface area contributed by atoms with Gasteiger partial charge in [-0.2, -0.15) is 0 Å². The number of hydrogen-bond acceptors (Lipinski definition) is 2. The molecular weight excluding hydrogens is 263 g/mol. The molecule has 0 bridgehead atoms. The molecule has 1 aliphatic rings. The third-order valence-electron chi connectivity index (χ3n) is 4.84. The van der Waals surface area contributed by atoms with E-state index in [1.165, 1.54) is 6.42 Å². The highest BCUT2D eigenvalue weighted by Gasteiger charge is 2.32. The molecule has 0 aromatic heterocycles. The van der Waals surface area contributed by atoms with E-state index in [4.69, 9.17) is 5.73 Å². The third-order valence-corrected chi connectivity index (χ3v) is 4.84. The molecule has 0 aliphatic carbocycles.